The van der Waals surface area contributed by atoms with Gasteiger partial charge in [-0.2, -0.15) is 0 Å². The van der Waals surface area contributed by atoms with E-state index in [0.29, 0.717) is 0 Å². The number of hydrogen-bond acceptors (Lipinski definition) is 7. The maximum atomic E-state index is 12.2. The molecule has 24 heavy (non-hydrogen) atoms. The second kappa shape index (κ2) is 10.0. The smallest absolute Gasteiger partial charge is 0.354 e. The molecule has 0 radical (unpaired) electrons. The van der Waals surface area contributed by atoms with Crippen molar-refractivity contribution in [2.75, 3.05) is 20.8 Å². The summed E-state index contributed by atoms with van der Waals surface area (Å²) < 4.78 is 14.1. The van der Waals surface area contributed by atoms with Gasteiger partial charge in [0.25, 0.3) is 0 Å². The molecule has 0 saturated heterocycles. The van der Waals surface area contributed by atoms with E-state index in [4.69, 9.17) is 4.74 Å². The Morgan fingerprint density at radius 3 is 2.33 bits per heavy atom. The summed E-state index contributed by atoms with van der Waals surface area (Å²) in [5, 5.41) is 2.71. The molecule has 0 spiro atoms. The van der Waals surface area contributed by atoms with E-state index >= 15 is 0 Å². The zero-order valence-electron chi connectivity index (χ0n) is 13.9. The molecule has 7 nitrogen and oxygen atoms in total. The first-order valence-electron chi connectivity index (χ1n) is 7.36. The third kappa shape index (κ3) is 6.12. The second-order valence-corrected chi connectivity index (χ2v) is 4.71. The number of carbonyl (C=O) groups is 3. The third-order valence-electron chi connectivity index (χ3n) is 3.05. The van der Waals surface area contributed by atoms with Crippen molar-refractivity contribution < 1.29 is 28.6 Å². The van der Waals surface area contributed by atoms with Crippen LogP contribution in [-0.2, 0) is 35.0 Å². The lowest BCUT2D eigenvalue weighted by Gasteiger charge is -2.19. The fourth-order valence-electron chi connectivity index (χ4n) is 1.92. The average Bonchev–Trinajstić information content (AvgIpc) is 2.60. The minimum Gasteiger partial charge on any atom is -0.466 e. The topological polar surface area (TPSA) is 90.9 Å². The Morgan fingerprint density at radius 2 is 1.79 bits per heavy atom. The fourth-order valence-corrected chi connectivity index (χ4v) is 1.92. The van der Waals surface area contributed by atoms with Gasteiger partial charge in [-0.1, -0.05) is 30.3 Å². The highest BCUT2D eigenvalue weighted by Gasteiger charge is 2.24. The van der Waals surface area contributed by atoms with Crippen LogP contribution in [0.15, 0.2) is 42.1 Å². The zero-order chi connectivity index (χ0) is 17.9. The summed E-state index contributed by atoms with van der Waals surface area (Å²) in [7, 11) is 2.35. The molecule has 0 aliphatic carbocycles. The van der Waals surface area contributed by atoms with E-state index in [2.05, 4.69) is 14.8 Å². The fraction of sp³-hybridized carbons (Fsp3) is 0.353. The van der Waals surface area contributed by atoms with Gasteiger partial charge in [0.05, 0.1) is 26.9 Å². The van der Waals surface area contributed by atoms with Gasteiger partial charge in [-0.3, -0.25) is 0 Å². The first-order chi connectivity index (χ1) is 11.5. The Kier molecular flexibility index (Phi) is 8.04. The number of nitrogens with one attached hydrogen (secondary N) is 1. The predicted molar refractivity (Wildman–Crippen MR) is 85.8 cm³/mol. The van der Waals surface area contributed by atoms with Crippen LogP contribution in [0.3, 0.4) is 0 Å². The van der Waals surface area contributed by atoms with Crippen LogP contribution in [0.25, 0.3) is 0 Å². The van der Waals surface area contributed by atoms with Gasteiger partial charge in [0.15, 0.2) is 0 Å². The van der Waals surface area contributed by atoms with Crippen LogP contribution < -0.4 is 5.32 Å². The van der Waals surface area contributed by atoms with Gasteiger partial charge >= 0.3 is 17.9 Å². The van der Waals surface area contributed by atoms with Crippen LogP contribution in [-0.4, -0.2) is 44.8 Å². The van der Waals surface area contributed by atoms with Gasteiger partial charge in [-0.05, 0) is 12.5 Å². The van der Waals surface area contributed by atoms with E-state index in [9.17, 15) is 14.4 Å². The van der Waals surface area contributed by atoms with Crippen molar-refractivity contribution in [1.29, 1.82) is 0 Å². The van der Waals surface area contributed by atoms with E-state index in [1.807, 2.05) is 30.3 Å². The highest BCUT2D eigenvalue weighted by atomic mass is 16.5. The van der Waals surface area contributed by atoms with Crippen LogP contribution >= 0.6 is 0 Å². The summed E-state index contributed by atoms with van der Waals surface area (Å²) in [6.45, 7) is 1.88. The summed E-state index contributed by atoms with van der Waals surface area (Å²) in [5.41, 5.74) is 0.684. The molecule has 130 valence electrons. The molecule has 1 atom stereocenters. The van der Waals surface area contributed by atoms with Crippen molar-refractivity contribution in [3.05, 3.63) is 47.7 Å². The van der Waals surface area contributed by atoms with Gasteiger partial charge < -0.3 is 19.5 Å². The number of ether oxygens (including phenoxy) is 3. The molecular formula is C17H21NO6. The molecule has 1 rings (SSSR count). The number of methoxy groups -OCH3 is 2. The highest BCUT2D eigenvalue weighted by molar-refractivity contribution is 5.96. The summed E-state index contributed by atoms with van der Waals surface area (Å²) in [6.07, 6.45) is 1.21. The Bertz CT molecular complexity index is 596. The van der Waals surface area contributed by atoms with Crippen molar-refractivity contribution in [3.63, 3.8) is 0 Å². The SMILES string of the molecule is CCOC(=O)C(Cc1ccccc1)N/C(=C/C(=O)OC)C(=O)OC. The standard InChI is InChI=1S/C17H21NO6/c1-4-24-17(21)13(10-12-8-6-5-7-9-12)18-14(16(20)23-3)11-15(19)22-2/h5-9,11,13,18H,4,10H2,1-3H3/b14-11+. The van der Waals surface area contributed by atoms with E-state index < -0.39 is 23.9 Å². The maximum Gasteiger partial charge on any atom is 0.354 e. The molecular weight excluding hydrogens is 314 g/mol. The summed E-state index contributed by atoms with van der Waals surface area (Å²) >= 11 is 0. The third-order valence-corrected chi connectivity index (χ3v) is 3.05. The van der Waals surface area contributed by atoms with Crippen molar-refractivity contribution in [1.82, 2.24) is 5.32 Å². The van der Waals surface area contributed by atoms with Gasteiger partial charge in [0.2, 0.25) is 0 Å². The van der Waals surface area contributed by atoms with Crippen LogP contribution in [0, 0.1) is 0 Å². The maximum absolute atomic E-state index is 12.2. The summed E-state index contributed by atoms with van der Waals surface area (Å²) in [6, 6.07) is 8.35. The average molecular weight is 335 g/mol. The lowest BCUT2D eigenvalue weighted by atomic mass is 10.1. The van der Waals surface area contributed by atoms with Gasteiger partial charge in [-0.15, -0.1) is 0 Å². The predicted octanol–water partition coefficient (Wildman–Crippen LogP) is 0.980. The molecule has 0 amide bonds. The molecule has 0 aliphatic rings. The molecule has 1 unspecified atom stereocenters. The normalized spacial score (nSPS) is 12.0. The van der Waals surface area contributed by atoms with Crippen LogP contribution in [0.5, 0.6) is 0 Å². The number of hydrogen-bond donors (Lipinski definition) is 1. The molecule has 0 fully saturated rings. The van der Waals surface area contributed by atoms with E-state index in [1.165, 1.54) is 14.2 Å². The number of rotatable bonds is 8. The Labute approximate surface area is 140 Å². The first-order valence-corrected chi connectivity index (χ1v) is 7.36. The van der Waals surface area contributed by atoms with Gasteiger partial charge in [0.1, 0.15) is 11.7 Å². The first kappa shape index (κ1) is 19.2. The summed E-state index contributed by atoms with van der Waals surface area (Å²) in [5.74, 6) is -2.07. The zero-order valence-corrected chi connectivity index (χ0v) is 13.9. The molecule has 0 heterocycles. The molecule has 0 saturated carbocycles. The molecule has 0 aliphatic heterocycles. The van der Waals surface area contributed by atoms with Crippen LogP contribution in [0.4, 0.5) is 0 Å². The van der Waals surface area contributed by atoms with Gasteiger partial charge in [-0.25, -0.2) is 14.4 Å². The molecule has 1 aromatic rings. The van der Waals surface area contributed by atoms with E-state index in [-0.39, 0.29) is 18.7 Å². The minimum absolute atomic E-state index is 0.182. The quantitative estimate of drug-likeness (QED) is 0.430. The highest BCUT2D eigenvalue weighted by Crippen LogP contribution is 2.07. The lowest BCUT2D eigenvalue weighted by Crippen LogP contribution is -2.41. The number of benzene rings is 1. The Balaban J connectivity index is 3.03. The Hall–Kier alpha value is -2.83. The second-order valence-electron chi connectivity index (χ2n) is 4.71. The van der Waals surface area contributed by atoms with Crippen LogP contribution in [0.2, 0.25) is 0 Å². The molecule has 1 N–H and O–H groups in total. The van der Waals surface area contributed by atoms with Gasteiger partial charge in [0, 0.05) is 6.42 Å². The molecule has 0 bridgehead atoms. The lowest BCUT2D eigenvalue weighted by molar-refractivity contribution is -0.146. The number of carbonyl (C=O) groups excluding carboxylic acids is 3. The van der Waals surface area contributed by atoms with Crippen LogP contribution in [0.1, 0.15) is 12.5 Å². The Morgan fingerprint density at radius 1 is 1.12 bits per heavy atom. The van der Waals surface area contributed by atoms with Crippen molar-refractivity contribution in [2.24, 2.45) is 0 Å². The van der Waals surface area contributed by atoms with Crippen molar-refractivity contribution >= 4 is 17.9 Å². The van der Waals surface area contributed by atoms with Crippen molar-refractivity contribution in [2.45, 2.75) is 19.4 Å². The monoisotopic (exact) mass is 335 g/mol. The molecule has 7 heteroatoms. The molecule has 0 aromatic heterocycles. The molecule has 1 aromatic carbocycles. The largest absolute Gasteiger partial charge is 0.466 e. The van der Waals surface area contributed by atoms with Crippen molar-refractivity contribution in [3.8, 4) is 0 Å². The van der Waals surface area contributed by atoms with E-state index in [0.717, 1.165) is 11.6 Å². The number of esters is 3. The summed E-state index contributed by atoms with van der Waals surface area (Å²) in [4.78, 5) is 35.4. The minimum atomic E-state index is -0.859. The van der Waals surface area contributed by atoms with E-state index in [1.54, 1.807) is 6.92 Å².